The van der Waals surface area contributed by atoms with Crippen LogP contribution in [0.3, 0.4) is 0 Å². The first-order valence-electron chi connectivity index (χ1n) is 8.96. The van der Waals surface area contributed by atoms with Crippen LogP contribution >= 0.6 is 22.9 Å². The highest BCUT2D eigenvalue weighted by Crippen LogP contribution is 2.33. The third-order valence-electron chi connectivity index (χ3n) is 4.68. The molecule has 0 aliphatic carbocycles. The van der Waals surface area contributed by atoms with Crippen LogP contribution in [0.15, 0.2) is 53.3 Å². The number of nitrogens with zero attached hydrogens (tertiary/aromatic N) is 2. The maximum Gasteiger partial charge on any atom is 0.276 e. The van der Waals surface area contributed by atoms with Gasteiger partial charge in [0.05, 0.1) is 15.8 Å². The van der Waals surface area contributed by atoms with Gasteiger partial charge in [0.1, 0.15) is 6.04 Å². The average molecular weight is 412 g/mol. The lowest BCUT2D eigenvalue weighted by molar-refractivity contribution is -0.119. The Balaban J connectivity index is 1.82. The monoisotopic (exact) mass is 411 g/mol. The van der Waals surface area contributed by atoms with Gasteiger partial charge in [-0.05, 0) is 37.6 Å². The van der Waals surface area contributed by atoms with Gasteiger partial charge in [0.25, 0.3) is 5.56 Å². The summed E-state index contributed by atoms with van der Waals surface area (Å²) in [6.45, 7) is 3.73. The van der Waals surface area contributed by atoms with Crippen LogP contribution in [0.2, 0.25) is 5.02 Å². The molecule has 1 atom stereocenters. The average Bonchev–Trinajstić information content (AvgIpc) is 3.07. The summed E-state index contributed by atoms with van der Waals surface area (Å²) in [7, 11) is 0. The molecule has 0 spiro atoms. The Morgan fingerprint density at radius 2 is 2.04 bits per heavy atom. The van der Waals surface area contributed by atoms with Crippen molar-refractivity contribution in [3.05, 3.63) is 69.6 Å². The Morgan fingerprint density at radius 3 is 2.79 bits per heavy atom. The van der Waals surface area contributed by atoms with E-state index in [4.69, 9.17) is 11.6 Å². The predicted octanol–water partition coefficient (Wildman–Crippen LogP) is 5.16. The van der Waals surface area contributed by atoms with E-state index in [9.17, 15) is 9.59 Å². The molecule has 0 saturated carbocycles. The predicted molar refractivity (Wildman–Crippen MR) is 116 cm³/mol. The minimum Gasteiger partial charge on any atom is -0.324 e. The van der Waals surface area contributed by atoms with Gasteiger partial charge in [0, 0.05) is 20.8 Å². The highest BCUT2D eigenvalue weighted by molar-refractivity contribution is 7.26. The number of rotatable bonds is 4. The topological polar surface area (TPSA) is 64.0 Å². The number of carbonyl (C=O) groups excluding carboxylic acids is 1. The fourth-order valence-electron chi connectivity index (χ4n) is 3.35. The van der Waals surface area contributed by atoms with E-state index in [-0.39, 0.29) is 11.5 Å². The number of hydrogen-bond donors (Lipinski definition) is 1. The second-order valence-corrected chi connectivity index (χ2v) is 8.05. The summed E-state index contributed by atoms with van der Waals surface area (Å²) in [5.74, 6) is -0.294. The fourth-order valence-corrected chi connectivity index (χ4v) is 4.68. The minimum atomic E-state index is -0.715. The van der Waals surface area contributed by atoms with E-state index in [1.165, 1.54) is 4.68 Å². The lowest BCUT2D eigenvalue weighted by Crippen LogP contribution is -2.35. The lowest BCUT2D eigenvalue weighted by Gasteiger charge is -2.17. The molecule has 0 fully saturated rings. The highest BCUT2D eigenvalue weighted by Gasteiger charge is 2.24. The van der Waals surface area contributed by atoms with Crippen LogP contribution in [-0.4, -0.2) is 15.7 Å². The lowest BCUT2D eigenvalue weighted by atomic mass is 10.1. The second kappa shape index (κ2) is 7.37. The summed E-state index contributed by atoms with van der Waals surface area (Å²) in [6, 6.07) is 14.0. The largest absolute Gasteiger partial charge is 0.324 e. The van der Waals surface area contributed by atoms with Crippen LogP contribution in [0.25, 0.3) is 20.2 Å². The van der Waals surface area contributed by atoms with E-state index < -0.39 is 6.04 Å². The third kappa shape index (κ3) is 3.19. The molecule has 2 aromatic heterocycles. The molecule has 0 aliphatic rings. The Bertz CT molecular complexity index is 1260. The number of hydrogen-bond acceptors (Lipinski definition) is 4. The van der Waals surface area contributed by atoms with Gasteiger partial charge in [-0.3, -0.25) is 9.59 Å². The molecule has 0 unspecified atom stereocenters. The first kappa shape index (κ1) is 18.7. The molecule has 0 saturated heterocycles. The van der Waals surface area contributed by atoms with Crippen molar-refractivity contribution in [2.24, 2.45) is 0 Å². The number of fused-ring (bicyclic) bond motifs is 3. The maximum absolute atomic E-state index is 13.3. The van der Waals surface area contributed by atoms with Crippen molar-refractivity contribution in [2.75, 3.05) is 5.32 Å². The number of thiophene rings is 1. The molecule has 0 bridgehead atoms. The molecule has 4 aromatic rings. The number of halogens is 1. The summed E-state index contributed by atoms with van der Waals surface area (Å²) < 4.78 is 3.22. The van der Waals surface area contributed by atoms with Crippen molar-refractivity contribution in [3.63, 3.8) is 0 Å². The Hall–Kier alpha value is -2.70. The van der Waals surface area contributed by atoms with Crippen LogP contribution in [0.1, 0.15) is 25.1 Å². The van der Waals surface area contributed by atoms with Gasteiger partial charge < -0.3 is 5.32 Å². The van der Waals surface area contributed by atoms with Gasteiger partial charge in [0.2, 0.25) is 5.91 Å². The summed E-state index contributed by atoms with van der Waals surface area (Å²) in [5.41, 5.74) is 1.08. The summed E-state index contributed by atoms with van der Waals surface area (Å²) in [6.07, 6.45) is 0.437. The van der Waals surface area contributed by atoms with E-state index in [2.05, 4.69) is 10.4 Å². The Kier molecular flexibility index (Phi) is 4.91. The smallest absolute Gasteiger partial charge is 0.276 e. The zero-order chi connectivity index (χ0) is 19.8. The van der Waals surface area contributed by atoms with Crippen molar-refractivity contribution in [1.29, 1.82) is 0 Å². The van der Waals surface area contributed by atoms with E-state index in [1.54, 1.807) is 35.6 Å². The van der Waals surface area contributed by atoms with E-state index >= 15 is 0 Å². The normalized spacial score (nSPS) is 12.4. The summed E-state index contributed by atoms with van der Waals surface area (Å²) in [4.78, 5) is 26.2. The number of anilines is 1. The Labute approximate surface area is 170 Å². The van der Waals surface area contributed by atoms with E-state index in [1.807, 2.05) is 38.1 Å². The zero-order valence-corrected chi connectivity index (χ0v) is 17.0. The van der Waals surface area contributed by atoms with Gasteiger partial charge in [-0.2, -0.15) is 5.10 Å². The van der Waals surface area contributed by atoms with Gasteiger partial charge in [-0.1, -0.05) is 42.8 Å². The molecule has 4 rings (SSSR count). The number of benzene rings is 2. The van der Waals surface area contributed by atoms with Crippen LogP contribution in [0.4, 0.5) is 5.69 Å². The number of amides is 1. The van der Waals surface area contributed by atoms with Gasteiger partial charge >= 0.3 is 0 Å². The first-order chi connectivity index (χ1) is 13.5. The maximum atomic E-state index is 13.3. The summed E-state index contributed by atoms with van der Waals surface area (Å²) >= 11 is 7.55. The van der Waals surface area contributed by atoms with Crippen molar-refractivity contribution >= 4 is 54.7 Å². The number of aryl methyl sites for hydroxylation is 1. The molecule has 1 amide bonds. The summed E-state index contributed by atoms with van der Waals surface area (Å²) in [5, 5.41) is 9.37. The van der Waals surface area contributed by atoms with E-state index in [0.717, 1.165) is 20.5 Å². The SMILES string of the molecule is CC[C@@H](C(=O)Nc1cccc(Cl)c1)n1nc(C)c2sc3ccccc3c2c1=O. The quantitative estimate of drug-likeness (QED) is 0.504. The molecule has 0 radical (unpaired) electrons. The van der Waals surface area contributed by atoms with Crippen molar-refractivity contribution < 1.29 is 4.79 Å². The molecule has 7 heteroatoms. The fraction of sp³-hybridized carbons (Fsp3) is 0.190. The molecule has 0 aliphatic heterocycles. The second-order valence-electron chi connectivity index (χ2n) is 6.56. The molecule has 5 nitrogen and oxygen atoms in total. The molecule has 2 heterocycles. The van der Waals surface area contributed by atoms with Gasteiger partial charge in [-0.25, -0.2) is 4.68 Å². The molecule has 1 N–H and O–H groups in total. The molecule has 142 valence electrons. The highest BCUT2D eigenvalue weighted by atomic mass is 35.5. The van der Waals surface area contributed by atoms with Crippen molar-refractivity contribution in [2.45, 2.75) is 26.3 Å². The van der Waals surface area contributed by atoms with Crippen LogP contribution in [-0.2, 0) is 4.79 Å². The molecular weight excluding hydrogens is 394 g/mol. The molecule has 28 heavy (non-hydrogen) atoms. The number of nitrogens with one attached hydrogen (secondary N) is 1. The molecule has 2 aromatic carbocycles. The number of aromatic nitrogens is 2. The van der Waals surface area contributed by atoms with Gasteiger partial charge in [-0.15, -0.1) is 11.3 Å². The zero-order valence-electron chi connectivity index (χ0n) is 15.4. The minimum absolute atomic E-state index is 0.244. The standard InChI is InChI=1S/C21H18ClN3O2S/c1-3-16(20(26)23-14-8-6-7-13(22)11-14)25-21(27)18-15-9-4-5-10-17(15)28-19(18)12(2)24-25/h4-11,16H,3H2,1-2H3,(H,23,26)/t16-/m0/s1. The van der Waals surface area contributed by atoms with Crippen molar-refractivity contribution in [3.8, 4) is 0 Å². The van der Waals surface area contributed by atoms with Crippen LogP contribution in [0, 0.1) is 6.92 Å². The van der Waals surface area contributed by atoms with Crippen molar-refractivity contribution in [1.82, 2.24) is 9.78 Å². The third-order valence-corrected chi connectivity index (χ3v) is 6.20. The van der Waals surface area contributed by atoms with Crippen LogP contribution in [0.5, 0.6) is 0 Å². The first-order valence-corrected chi connectivity index (χ1v) is 10.2. The van der Waals surface area contributed by atoms with Gasteiger partial charge in [0.15, 0.2) is 0 Å². The number of carbonyl (C=O) groups is 1. The Morgan fingerprint density at radius 1 is 1.25 bits per heavy atom. The van der Waals surface area contributed by atoms with E-state index in [0.29, 0.717) is 22.5 Å². The van der Waals surface area contributed by atoms with Crippen LogP contribution < -0.4 is 10.9 Å². The molecular formula is C21H18ClN3O2S.